The third kappa shape index (κ3) is 4.01. The van der Waals surface area contributed by atoms with Gasteiger partial charge in [-0.25, -0.2) is 0 Å². The summed E-state index contributed by atoms with van der Waals surface area (Å²) < 4.78 is 0. The Bertz CT molecular complexity index is 1400. The molecule has 0 aromatic heterocycles. The van der Waals surface area contributed by atoms with Gasteiger partial charge in [-0.05, 0) is 28.8 Å². The maximum Gasteiger partial charge on any atom is 0.239 e. The van der Waals surface area contributed by atoms with Gasteiger partial charge < -0.3 is 15.7 Å². The zero-order valence-corrected chi connectivity index (χ0v) is 19.1. The van der Waals surface area contributed by atoms with E-state index in [-0.39, 0.29) is 35.3 Å². The third-order valence-corrected chi connectivity index (χ3v) is 6.59. The van der Waals surface area contributed by atoms with Gasteiger partial charge in [0.2, 0.25) is 11.8 Å². The summed E-state index contributed by atoms with van der Waals surface area (Å²) in [5.74, 6) is -6.35. The Labute approximate surface area is 206 Å². The standard InChI is InChI=1S/C28H22N2O6/c31-23-17-11-19-20(26(34)22(25(19)33)28(36)30-14-16-9-5-2-6-10-16)12-18(17)24(32)21(23)27(35)29-13-15-7-3-1-4-8-15/h1-12,21-23,31H,13-14H2,(H,29,35)(H,30,36). The van der Waals surface area contributed by atoms with Gasteiger partial charge in [0.05, 0.1) is 6.10 Å². The van der Waals surface area contributed by atoms with Crippen LogP contribution in [0.4, 0.5) is 0 Å². The fourth-order valence-corrected chi connectivity index (χ4v) is 4.69. The first-order chi connectivity index (χ1) is 17.4. The van der Waals surface area contributed by atoms with Crippen LogP contribution in [0.25, 0.3) is 0 Å². The number of nitrogens with one attached hydrogen (secondary N) is 2. The zero-order valence-electron chi connectivity index (χ0n) is 19.1. The molecule has 0 saturated heterocycles. The first-order valence-corrected chi connectivity index (χ1v) is 11.5. The van der Waals surface area contributed by atoms with Crippen LogP contribution in [-0.4, -0.2) is 34.3 Å². The molecular weight excluding hydrogens is 460 g/mol. The summed E-state index contributed by atoms with van der Waals surface area (Å²) in [5, 5.41) is 16.1. The number of aliphatic hydroxyl groups excluding tert-OH is 1. The van der Waals surface area contributed by atoms with Gasteiger partial charge >= 0.3 is 0 Å². The second kappa shape index (κ2) is 9.31. The number of carbonyl (C=O) groups is 5. The number of hydrogen-bond donors (Lipinski definition) is 3. The van der Waals surface area contributed by atoms with Crippen molar-refractivity contribution in [1.29, 1.82) is 0 Å². The predicted octanol–water partition coefficient (Wildman–Crippen LogP) is 2.16. The first kappa shape index (κ1) is 23.3. The molecule has 0 bridgehead atoms. The molecule has 8 nitrogen and oxygen atoms in total. The molecule has 3 atom stereocenters. The first-order valence-electron chi connectivity index (χ1n) is 11.5. The largest absolute Gasteiger partial charge is 0.387 e. The summed E-state index contributed by atoms with van der Waals surface area (Å²) >= 11 is 0. The van der Waals surface area contributed by atoms with Gasteiger partial charge in [0.25, 0.3) is 0 Å². The predicted molar refractivity (Wildman–Crippen MR) is 128 cm³/mol. The summed E-state index contributed by atoms with van der Waals surface area (Å²) in [7, 11) is 0. The van der Waals surface area contributed by atoms with E-state index in [2.05, 4.69) is 10.6 Å². The topological polar surface area (TPSA) is 130 Å². The number of ketones is 3. The van der Waals surface area contributed by atoms with Crippen molar-refractivity contribution in [3.05, 3.63) is 106 Å². The van der Waals surface area contributed by atoms with Crippen molar-refractivity contribution in [3.8, 4) is 0 Å². The average Bonchev–Trinajstić information content (AvgIpc) is 3.29. The number of fused-ring (bicyclic) bond motifs is 2. The molecule has 2 aliphatic rings. The summed E-state index contributed by atoms with van der Waals surface area (Å²) in [6, 6.07) is 20.7. The summed E-state index contributed by atoms with van der Waals surface area (Å²) in [6.07, 6.45) is -1.47. The van der Waals surface area contributed by atoms with Gasteiger partial charge in [0.1, 0.15) is 5.92 Å². The van der Waals surface area contributed by atoms with Crippen molar-refractivity contribution in [2.24, 2.45) is 11.8 Å². The van der Waals surface area contributed by atoms with Crippen LogP contribution in [0.15, 0.2) is 72.8 Å². The van der Waals surface area contributed by atoms with Gasteiger partial charge in [0.15, 0.2) is 23.3 Å². The molecule has 8 heteroatoms. The molecule has 0 spiro atoms. The number of benzene rings is 3. The maximum absolute atomic E-state index is 13.0. The van der Waals surface area contributed by atoms with Crippen LogP contribution < -0.4 is 10.6 Å². The molecule has 0 radical (unpaired) electrons. The summed E-state index contributed by atoms with van der Waals surface area (Å²) in [4.78, 5) is 64.4. The Hall–Kier alpha value is -4.43. The van der Waals surface area contributed by atoms with E-state index in [4.69, 9.17) is 0 Å². The van der Waals surface area contributed by atoms with Crippen LogP contribution in [0.1, 0.15) is 53.9 Å². The molecule has 3 aromatic carbocycles. The number of amides is 2. The lowest BCUT2D eigenvalue weighted by molar-refractivity contribution is -0.126. The highest BCUT2D eigenvalue weighted by Crippen LogP contribution is 2.40. The number of hydrogen-bond acceptors (Lipinski definition) is 6. The highest BCUT2D eigenvalue weighted by Gasteiger charge is 2.48. The maximum atomic E-state index is 13.0. The zero-order chi connectivity index (χ0) is 25.4. The fraction of sp³-hybridized carbons (Fsp3) is 0.179. The molecule has 3 unspecified atom stereocenters. The molecule has 0 fully saturated rings. The van der Waals surface area contributed by atoms with E-state index in [0.29, 0.717) is 0 Å². The van der Waals surface area contributed by atoms with Crippen molar-refractivity contribution >= 4 is 29.2 Å². The fourth-order valence-electron chi connectivity index (χ4n) is 4.69. The van der Waals surface area contributed by atoms with E-state index in [1.54, 1.807) is 12.1 Å². The molecular formula is C28H22N2O6. The smallest absolute Gasteiger partial charge is 0.239 e. The molecule has 2 aliphatic carbocycles. The lowest BCUT2D eigenvalue weighted by Gasteiger charge is -2.14. The molecule has 5 rings (SSSR count). The van der Waals surface area contributed by atoms with Crippen molar-refractivity contribution in [2.75, 3.05) is 0 Å². The van der Waals surface area contributed by atoms with Crippen molar-refractivity contribution in [2.45, 2.75) is 19.2 Å². The molecule has 180 valence electrons. The van der Waals surface area contributed by atoms with Crippen LogP contribution in [0, 0.1) is 11.8 Å². The van der Waals surface area contributed by atoms with Gasteiger partial charge in [-0.2, -0.15) is 0 Å². The minimum Gasteiger partial charge on any atom is -0.387 e. The minimum atomic E-state index is -1.55. The van der Waals surface area contributed by atoms with E-state index >= 15 is 0 Å². The minimum absolute atomic E-state index is 0.00704. The molecule has 0 saturated carbocycles. The van der Waals surface area contributed by atoms with Crippen molar-refractivity contribution in [1.82, 2.24) is 10.6 Å². The molecule has 3 N–H and O–H groups in total. The second-order valence-electron chi connectivity index (χ2n) is 8.84. The molecule has 0 aliphatic heterocycles. The van der Waals surface area contributed by atoms with Gasteiger partial charge in [-0.1, -0.05) is 60.7 Å². The normalized spacial score (nSPS) is 20.1. The summed E-state index contributed by atoms with van der Waals surface area (Å²) in [6.45, 7) is 0.334. The van der Waals surface area contributed by atoms with E-state index in [0.717, 1.165) is 11.1 Å². The summed E-state index contributed by atoms with van der Waals surface area (Å²) in [5.41, 5.74) is 1.67. The lowest BCUT2D eigenvalue weighted by Crippen LogP contribution is -2.36. The van der Waals surface area contributed by atoms with Crippen LogP contribution >= 0.6 is 0 Å². The van der Waals surface area contributed by atoms with Crippen LogP contribution in [-0.2, 0) is 22.7 Å². The van der Waals surface area contributed by atoms with E-state index in [1.807, 2.05) is 48.5 Å². The van der Waals surface area contributed by atoms with Gasteiger partial charge in [-0.15, -0.1) is 0 Å². The molecule has 2 amide bonds. The van der Waals surface area contributed by atoms with Gasteiger partial charge in [0, 0.05) is 29.8 Å². The van der Waals surface area contributed by atoms with E-state index in [1.165, 1.54) is 12.1 Å². The molecule has 0 heterocycles. The monoisotopic (exact) mass is 482 g/mol. The Morgan fingerprint density at radius 1 is 0.667 bits per heavy atom. The number of rotatable bonds is 6. The second-order valence-corrected chi connectivity index (χ2v) is 8.84. The van der Waals surface area contributed by atoms with Crippen LogP contribution in [0.2, 0.25) is 0 Å². The van der Waals surface area contributed by atoms with E-state index in [9.17, 15) is 29.1 Å². The highest BCUT2D eigenvalue weighted by molar-refractivity contribution is 6.35. The van der Waals surface area contributed by atoms with E-state index < -0.39 is 47.1 Å². The third-order valence-electron chi connectivity index (χ3n) is 6.59. The Morgan fingerprint density at radius 2 is 1.17 bits per heavy atom. The van der Waals surface area contributed by atoms with Crippen molar-refractivity contribution in [3.63, 3.8) is 0 Å². The quantitative estimate of drug-likeness (QED) is 0.462. The van der Waals surface area contributed by atoms with Gasteiger partial charge in [-0.3, -0.25) is 24.0 Å². The Kier molecular flexibility index (Phi) is 6.03. The van der Waals surface area contributed by atoms with Crippen molar-refractivity contribution < 1.29 is 29.1 Å². The SMILES string of the molecule is O=C(NCc1ccccc1)C1C(=O)c2cc3c(cc2C1=O)C(O)C(C(=O)NCc1ccccc1)C3=O. The Morgan fingerprint density at radius 3 is 1.72 bits per heavy atom. The average molecular weight is 482 g/mol. The highest BCUT2D eigenvalue weighted by atomic mass is 16.3. The number of aliphatic hydroxyl groups is 1. The molecule has 3 aromatic rings. The number of Topliss-reactive ketones (excluding diaryl/α,β-unsaturated/α-hetero) is 3. The number of carbonyl (C=O) groups excluding carboxylic acids is 5. The van der Waals surface area contributed by atoms with Crippen LogP contribution in [0.3, 0.4) is 0 Å². The Balaban J connectivity index is 1.33. The van der Waals surface area contributed by atoms with Crippen LogP contribution in [0.5, 0.6) is 0 Å². The molecule has 36 heavy (non-hydrogen) atoms. The lowest BCUT2D eigenvalue weighted by atomic mass is 10.00.